The number of hydrogen-bond acceptors (Lipinski definition) is 3. The van der Waals surface area contributed by atoms with Crippen LogP contribution in [0.25, 0.3) is 0 Å². The molecule has 0 radical (unpaired) electrons. The molecule has 0 aromatic carbocycles. The minimum absolute atomic E-state index is 0. The smallest absolute Gasteiger partial charge is 0.410 e. The summed E-state index contributed by atoms with van der Waals surface area (Å²) in [5.41, 5.74) is 0.0327. The van der Waals surface area contributed by atoms with Crippen molar-refractivity contribution in [2.45, 2.75) is 31.2 Å². The number of carbonyl (C=O) groups excluding carboxylic acids is 1. The highest BCUT2D eigenvalue weighted by atomic mass is 35.5. The van der Waals surface area contributed by atoms with Gasteiger partial charge in [-0.05, 0) is 44.7 Å². The monoisotopic (exact) mass is 246 g/mol. The topological polar surface area (TPSA) is 41.6 Å². The summed E-state index contributed by atoms with van der Waals surface area (Å²) >= 11 is 0. The molecule has 1 amide bonds. The molecule has 16 heavy (non-hydrogen) atoms. The van der Waals surface area contributed by atoms with Gasteiger partial charge in [0.25, 0.3) is 0 Å². The van der Waals surface area contributed by atoms with Crippen LogP contribution in [0.4, 0.5) is 4.79 Å². The van der Waals surface area contributed by atoms with Crippen LogP contribution in [-0.4, -0.2) is 42.8 Å². The van der Waals surface area contributed by atoms with Crippen molar-refractivity contribution >= 4 is 18.5 Å². The molecular formula is C11H19ClN2O2. The van der Waals surface area contributed by atoms with Crippen molar-refractivity contribution in [3.63, 3.8) is 0 Å². The van der Waals surface area contributed by atoms with Crippen LogP contribution in [0, 0.1) is 5.92 Å². The zero-order valence-electron chi connectivity index (χ0n) is 9.41. The lowest BCUT2D eigenvalue weighted by Gasteiger charge is -2.38. The second-order valence-electron chi connectivity index (χ2n) is 5.08. The Kier molecular flexibility index (Phi) is 3.31. The molecule has 1 N–H and O–H groups in total. The number of amides is 1. The number of nitrogens with one attached hydrogen (secondary N) is 1. The SMILES string of the molecule is Cl.O=C1OCC2(CCNCC2)N1CC1CC1. The average molecular weight is 247 g/mol. The molecule has 2 aliphatic heterocycles. The maximum absolute atomic E-state index is 11.7. The van der Waals surface area contributed by atoms with Crippen LogP contribution in [0.1, 0.15) is 25.7 Å². The fourth-order valence-corrected chi connectivity index (χ4v) is 2.68. The molecule has 2 heterocycles. The van der Waals surface area contributed by atoms with Crippen molar-refractivity contribution in [2.24, 2.45) is 5.92 Å². The van der Waals surface area contributed by atoms with Crippen LogP contribution in [0.15, 0.2) is 0 Å². The molecule has 2 saturated heterocycles. The lowest BCUT2D eigenvalue weighted by atomic mass is 9.88. The molecule has 0 unspecified atom stereocenters. The van der Waals surface area contributed by atoms with E-state index in [1.165, 1.54) is 12.8 Å². The number of cyclic esters (lactones) is 1. The Hall–Kier alpha value is -0.480. The number of carbonyl (C=O) groups is 1. The molecule has 0 aromatic rings. The summed E-state index contributed by atoms with van der Waals surface area (Å²) in [6, 6.07) is 0. The van der Waals surface area contributed by atoms with Crippen LogP contribution in [0.5, 0.6) is 0 Å². The summed E-state index contributed by atoms with van der Waals surface area (Å²) in [5.74, 6) is 0.752. The summed E-state index contributed by atoms with van der Waals surface area (Å²) < 4.78 is 5.25. The normalized spacial score (nSPS) is 27.8. The Morgan fingerprint density at radius 1 is 1.38 bits per heavy atom. The Bertz CT molecular complexity index is 275. The quantitative estimate of drug-likeness (QED) is 0.801. The number of ether oxygens (including phenoxy) is 1. The first kappa shape index (κ1) is 12.0. The van der Waals surface area contributed by atoms with Crippen molar-refractivity contribution in [3.05, 3.63) is 0 Å². The van der Waals surface area contributed by atoms with Crippen molar-refractivity contribution in [1.29, 1.82) is 0 Å². The molecule has 3 aliphatic rings. The minimum Gasteiger partial charge on any atom is -0.447 e. The maximum Gasteiger partial charge on any atom is 0.410 e. The number of rotatable bonds is 2. The molecule has 0 aromatic heterocycles. The second kappa shape index (κ2) is 4.41. The number of halogens is 1. The number of hydrogen-bond donors (Lipinski definition) is 1. The average Bonchev–Trinajstić information content (AvgIpc) is 3.03. The Balaban J connectivity index is 0.000000963. The first-order valence-electron chi connectivity index (χ1n) is 5.95. The fourth-order valence-electron chi connectivity index (χ4n) is 2.68. The predicted octanol–water partition coefficient (Wildman–Crippen LogP) is 1.39. The molecule has 3 fully saturated rings. The summed E-state index contributed by atoms with van der Waals surface area (Å²) in [6.45, 7) is 3.56. The van der Waals surface area contributed by atoms with E-state index >= 15 is 0 Å². The molecule has 1 saturated carbocycles. The first-order chi connectivity index (χ1) is 7.30. The highest BCUT2D eigenvalue weighted by Gasteiger charge is 2.49. The molecule has 3 rings (SSSR count). The zero-order valence-corrected chi connectivity index (χ0v) is 10.2. The molecule has 92 valence electrons. The number of nitrogens with zero attached hydrogens (tertiary/aromatic N) is 1. The van der Waals surface area contributed by atoms with Gasteiger partial charge in [0.1, 0.15) is 6.61 Å². The van der Waals surface area contributed by atoms with Gasteiger partial charge in [0.2, 0.25) is 0 Å². The van der Waals surface area contributed by atoms with Gasteiger partial charge in [0.05, 0.1) is 5.54 Å². The van der Waals surface area contributed by atoms with E-state index in [0.717, 1.165) is 38.4 Å². The molecule has 5 heteroatoms. The highest BCUT2D eigenvalue weighted by molar-refractivity contribution is 5.85. The van der Waals surface area contributed by atoms with Crippen molar-refractivity contribution in [1.82, 2.24) is 10.2 Å². The molecule has 0 bridgehead atoms. The minimum atomic E-state index is -0.0798. The number of piperidine rings is 1. The van der Waals surface area contributed by atoms with Gasteiger partial charge in [-0.2, -0.15) is 0 Å². The van der Waals surface area contributed by atoms with Gasteiger partial charge < -0.3 is 10.1 Å². The lowest BCUT2D eigenvalue weighted by molar-refractivity contribution is 0.121. The van der Waals surface area contributed by atoms with Gasteiger partial charge >= 0.3 is 6.09 Å². The Labute approximate surface area is 102 Å². The van der Waals surface area contributed by atoms with E-state index in [-0.39, 0.29) is 24.0 Å². The van der Waals surface area contributed by atoms with E-state index in [4.69, 9.17) is 4.74 Å². The van der Waals surface area contributed by atoms with E-state index in [9.17, 15) is 4.79 Å². The van der Waals surface area contributed by atoms with E-state index in [0.29, 0.717) is 6.61 Å². The van der Waals surface area contributed by atoms with Crippen LogP contribution >= 0.6 is 12.4 Å². The Morgan fingerprint density at radius 3 is 2.69 bits per heavy atom. The summed E-state index contributed by atoms with van der Waals surface area (Å²) in [6.07, 6.45) is 4.59. The first-order valence-corrected chi connectivity index (χ1v) is 5.95. The standard InChI is InChI=1S/C11H18N2O2.ClH/c14-10-13(7-9-1-2-9)11(8-15-10)3-5-12-6-4-11;/h9,12H,1-8H2;1H. The van der Waals surface area contributed by atoms with Gasteiger partial charge in [-0.25, -0.2) is 4.79 Å². The van der Waals surface area contributed by atoms with E-state index in [1.807, 2.05) is 4.90 Å². The maximum atomic E-state index is 11.7. The van der Waals surface area contributed by atoms with E-state index in [2.05, 4.69) is 5.32 Å². The molecule has 1 aliphatic carbocycles. The van der Waals surface area contributed by atoms with Crippen LogP contribution < -0.4 is 5.32 Å². The van der Waals surface area contributed by atoms with E-state index < -0.39 is 0 Å². The molecule has 0 atom stereocenters. The molecule has 1 spiro atoms. The molecule has 4 nitrogen and oxygen atoms in total. The predicted molar refractivity (Wildman–Crippen MR) is 62.9 cm³/mol. The summed E-state index contributed by atoms with van der Waals surface area (Å²) in [7, 11) is 0. The third-order valence-electron chi connectivity index (χ3n) is 3.93. The van der Waals surface area contributed by atoms with Crippen LogP contribution in [0.2, 0.25) is 0 Å². The van der Waals surface area contributed by atoms with Crippen molar-refractivity contribution in [3.8, 4) is 0 Å². The van der Waals surface area contributed by atoms with E-state index in [1.54, 1.807) is 0 Å². The zero-order chi connectivity index (χ0) is 10.3. The third-order valence-corrected chi connectivity index (χ3v) is 3.93. The summed E-state index contributed by atoms with van der Waals surface area (Å²) in [5, 5.41) is 3.35. The van der Waals surface area contributed by atoms with Crippen LogP contribution in [0.3, 0.4) is 0 Å². The van der Waals surface area contributed by atoms with Crippen molar-refractivity contribution < 1.29 is 9.53 Å². The third kappa shape index (κ3) is 2.00. The largest absolute Gasteiger partial charge is 0.447 e. The highest BCUT2D eigenvalue weighted by Crippen LogP contribution is 2.38. The van der Waals surface area contributed by atoms with Gasteiger partial charge in [-0.1, -0.05) is 0 Å². The lowest BCUT2D eigenvalue weighted by Crippen LogP contribution is -2.54. The van der Waals surface area contributed by atoms with Crippen LogP contribution in [-0.2, 0) is 4.74 Å². The van der Waals surface area contributed by atoms with Crippen molar-refractivity contribution in [2.75, 3.05) is 26.2 Å². The second-order valence-corrected chi connectivity index (χ2v) is 5.08. The van der Waals surface area contributed by atoms with Gasteiger partial charge in [0, 0.05) is 6.54 Å². The van der Waals surface area contributed by atoms with Gasteiger partial charge in [-0.15, -0.1) is 12.4 Å². The summed E-state index contributed by atoms with van der Waals surface area (Å²) in [4.78, 5) is 13.7. The van der Waals surface area contributed by atoms with Gasteiger partial charge in [0.15, 0.2) is 0 Å². The molecular weight excluding hydrogens is 228 g/mol. The Morgan fingerprint density at radius 2 is 2.06 bits per heavy atom. The van der Waals surface area contributed by atoms with Gasteiger partial charge in [-0.3, -0.25) is 4.90 Å². The fraction of sp³-hybridized carbons (Fsp3) is 0.909.